The summed E-state index contributed by atoms with van der Waals surface area (Å²) < 4.78 is 0. The zero-order valence-electron chi connectivity index (χ0n) is 8.74. The molecule has 0 saturated heterocycles. The number of halogens is 2. The van der Waals surface area contributed by atoms with Crippen LogP contribution < -0.4 is 5.32 Å². The summed E-state index contributed by atoms with van der Waals surface area (Å²) in [6, 6.07) is 11.3. The van der Waals surface area contributed by atoms with E-state index in [4.69, 9.17) is 23.2 Å². The third-order valence-electron chi connectivity index (χ3n) is 2.61. The van der Waals surface area contributed by atoms with Crippen LogP contribution in [-0.2, 0) is 0 Å². The van der Waals surface area contributed by atoms with Gasteiger partial charge in [-0.25, -0.2) is 0 Å². The van der Waals surface area contributed by atoms with Crippen LogP contribution in [0.25, 0.3) is 0 Å². The van der Waals surface area contributed by atoms with Gasteiger partial charge in [0, 0.05) is 22.5 Å². The van der Waals surface area contributed by atoms with Crippen LogP contribution in [0.2, 0.25) is 10.0 Å². The predicted molar refractivity (Wildman–Crippen MR) is 73.4 cm³/mol. The van der Waals surface area contributed by atoms with E-state index in [0.717, 1.165) is 22.6 Å². The first-order chi connectivity index (χ1) is 8.24. The molecule has 4 heteroatoms. The molecule has 0 aliphatic carbocycles. The molecule has 0 radical (unpaired) electrons. The molecule has 1 aliphatic heterocycles. The van der Waals surface area contributed by atoms with Crippen LogP contribution in [0, 0.1) is 0 Å². The van der Waals surface area contributed by atoms with E-state index < -0.39 is 0 Å². The molecule has 1 heterocycles. The number of hydrogen-bond acceptors (Lipinski definition) is 2. The number of aliphatic imine (C=N–C) groups is 1. The summed E-state index contributed by atoms with van der Waals surface area (Å²) in [5.74, 6) is 0. The van der Waals surface area contributed by atoms with Gasteiger partial charge in [-0.15, -0.1) is 0 Å². The van der Waals surface area contributed by atoms with Crippen molar-refractivity contribution in [2.45, 2.75) is 0 Å². The Balaban J connectivity index is 2.21. The number of nitrogens with zero attached hydrogens (tertiary/aromatic N) is 1. The molecular formula is C13H8Cl2N2. The number of anilines is 2. The molecule has 0 atom stereocenters. The Morgan fingerprint density at radius 3 is 2.82 bits per heavy atom. The lowest BCUT2D eigenvalue weighted by atomic mass is 10.2. The Bertz CT molecular complexity index is 621. The van der Waals surface area contributed by atoms with Crippen molar-refractivity contribution >= 4 is 46.5 Å². The number of para-hydroxylation sites is 1. The van der Waals surface area contributed by atoms with E-state index in [1.807, 2.05) is 36.4 Å². The monoisotopic (exact) mass is 262 g/mol. The van der Waals surface area contributed by atoms with Crippen molar-refractivity contribution in [3.8, 4) is 0 Å². The van der Waals surface area contributed by atoms with Gasteiger partial charge in [0.25, 0.3) is 0 Å². The second-order valence-electron chi connectivity index (χ2n) is 3.75. The molecule has 2 aromatic carbocycles. The van der Waals surface area contributed by atoms with Gasteiger partial charge in [0.15, 0.2) is 0 Å². The van der Waals surface area contributed by atoms with Gasteiger partial charge in [-0.05, 0) is 30.3 Å². The van der Waals surface area contributed by atoms with Crippen molar-refractivity contribution in [1.29, 1.82) is 0 Å². The number of nitrogens with one attached hydrogen (secondary N) is 1. The summed E-state index contributed by atoms with van der Waals surface area (Å²) in [5.41, 5.74) is 3.53. The fraction of sp³-hybridized carbons (Fsp3) is 0. The summed E-state index contributed by atoms with van der Waals surface area (Å²) in [6.07, 6.45) is 1.81. The Morgan fingerprint density at radius 2 is 1.94 bits per heavy atom. The summed E-state index contributed by atoms with van der Waals surface area (Å²) in [4.78, 5) is 4.40. The molecule has 0 bridgehead atoms. The van der Waals surface area contributed by atoms with E-state index >= 15 is 0 Å². The molecule has 0 fully saturated rings. The Morgan fingerprint density at radius 1 is 1.06 bits per heavy atom. The molecule has 2 aromatic rings. The zero-order chi connectivity index (χ0) is 11.8. The summed E-state index contributed by atoms with van der Waals surface area (Å²) in [7, 11) is 0. The van der Waals surface area contributed by atoms with E-state index in [1.165, 1.54) is 0 Å². The average Bonchev–Trinajstić information content (AvgIpc) is 2.49. The smallest absolute Gasteiger partial charge is 0.0880 e. The van der Waals surface area contributed by atoms with Gasteiger partial charge in [0.05, 0.1) is 16.4 Å². The van der Waals surface area contributed by atoms with Crippen LogP contribution >= 0.6 is 23.2 Å². The molecular weight excluding hydrogens is 255 g/mol. The molecule has 3 rings (SSSR count). The maximum Gasteiger partial charge on any atom is 0.0880 e. The fourth-order valence-corrected chi connectivity index (χ4v) is 2.16. The molecule has 0 aromatic heterocycles. The van der Waals surface area contributed by atoms with Gasteiger partial charge in [-0.2, -0.15) is 0 Å². The van der Waals surface area contributed by atoms with Gasteiger partial charge in [-0.3, -0.25) is 4.99 Å². The SMILES string of the molecule is Clc1ccc2c(c1)Nc1c(Cl)cccc1N=C2. The highest BCUT2D eigenvalue weighted by atomic mass is 35.5. The van der Waals surface area contributed by atoms with Crippen LogP contribution in [0.4, 0.5) is 17.1 Å². The highest BCUT2D eigenvalue weighted by molar-refractivity contribution is 6.34. The molecule has 1 N–H and O–H groups in total. The third kappa shape index (κ3) is 1.90. The zero-order valence-corrected chi connectivity index (χ0v) is 10.3. The van der Waals surface area contributed by atoms with Gasteiger partial charge < -0.3 is 5.32 Å². The number of benzene rings is 2. The minimum atomic E-state index is 0.646. The quantitative estimate of drug-likeness (QED) is 0.618. The fourth-order valence-electron chi connectivity index (χ4n) is 1.77. The number of fused-ring (bicyclic) bond motifs is 2. The van der Waals surface area contributed by atoms with Crippen molar-refractivity contribution in [2.24, 2.45) is 4.99 Å². The van der Waals surface area contributed by atoms with E-state index in [-0.39, 0.29) is 0 Å². The Hall–Kier alpha value is -1.51. The summed E-state index contributed by atoms with van der Waals surface area (Å²) in [6.45, 7) is 0. The number of rotatable bonds is 0. The van der Waals surface area contributed by atoms with E-state index in [2.05, 4.69) is 10.3 Å². The van der Waals surface area contributed by atoms with Crippen molar-refractivity contribution in [2.75, 3.05) is 5.32 Å². The maximum atomic E-state index is 6.15. The molecule has 17 heavy (non-hydrogen) atoms. The average molecular weight is 263 g/mol. The predicted octanol–water partition coefficient (Wildman–Crippen LogP) is 4.80. The lowest BCUT2D eigenvalue weighted by Crippen LogP contribution is -1.93. The molecule has 84 valence electrons. The highest BCUT2D eigenvalue weighted by Gasteiger charge is 2.12. The number of hydrogen-bond donors (Lipinski definition) is 1. The molecule has 2 nitrogen and oxygen atoms in total. The van der Waals surface area contributed by atoms with Gasteiger partial charge in [-0.1, -0.05) is 29.3 Å². The molecule has 0 amide bonds. The molecule has 0 saturated carbocycles. The normalized spacial score (nSPS) is 12.4. The van der Waals surface area contributed by atoms with Crippen LogP contribution in [0.5, 0.6) is 0 Å². The van der Waals surface area contributed by atoms with Crippen molar-refractivity contribution in [3.05, 3.63) is 52.0 Å². The first-order valence-electron chi connectivity index (χ1n) is 5.13. The van der Waals surface area contributed by atoms with E-state index in [1.54, 1.807) is 6.21 Å². The van der Waals surface area contributed by atoms with Crippen LogP contribution in [0.15, 0.2) is 41.4 Å². The Labute approximate surface area is 109 Å². The van der Waals surface area contributed by atoms with Crippen molar-refractivity contribution in [1.82, 2.24) is 0 Å². The second kappa shape index (κ2) is 4.06. The van der Waals surface area contributed by atoms with Crippen molar-refractivity contribution < 1.29 is 0 Å². The lowest BCUT2D eigenvalue weighted by molar-refractivity contribution is 1.51. The summed E-state index contributed by atoms with van der Waals surface area (Å²) in [5, 5.41) is 4.60. The van der Waals surface area contributed by atoms with E-state index in [0.29, 0.717) is 10.0 Å². The van der Waals surface area contributed by atoms with Gasteiger partial charge >= 0.3 is 0 Å². The standard InChI is InChI=1S/C13H8Cl2N2/c14-9-5-4-8-7-16-11-3-1-2-10(15)13(11)17-12(8)6-9/h1-7,17H. The Kier molecular flexibility index (Phi) is 2.54. The first-order valence-corrected chi connectivity index (χ1v) is 5.89. The molecule has 0 spiro atoms. The topological polar surface area (TPSA) is 24.4 Å². The first kappa shape index (κ1) is 10.6. The third-order valence-corrected chi connectivity index (χ3v) is 3.16. The minimum Gasteiger partial charge on any atom is -0.352 e. The second-order valence-corrected chi connectivity index (χ2v) is 4.59. The summed E-state index contributed by atoms with van der Waals surface area (Å²) >= 11 is 12.1. The van der Waals surface area contributed by atoms with Crippen LogP contribution in [-0.4, -0.2) is 6.21 Å². The van der Waals surface area contributed by atoms with Crippen LogP contribution in [0.3, 0.4) is 0 Å². The minimum absolute atomic E-state index is 0.646. The molecule has 1 aliphatic rings. The van der Waals surface area contributed by atoms with Gasteiger partial charge in [0.2, 0.25) is 0 Å². The maximum absolute atomic E-state index is 6.15. The largest absolute Gasteiger partial charge is 0.352 e. The van der Waals surface area contributed by atoms with E-state index in [9.17, 15) is 0 Å². The molecule has 0 unspecified atom stereocenters. The van der Waals surface area contributed by atoms with Crippen molar-refractivity contribution in [3.63, 3.8) is 0 Å². The highest BCUT2D eigenvalue weighted by Crippen LogP contribution is 2.38. The lowest BCUT2D eigenvalue weighted by Gasteiger charge is -2.10. The van der Waals surface area contributed by atoms with Gasteiger partial charge in [0.1, 0.15) is 0 Å². The van der Waals surface area contributed by atoms with Crippen LogP contribution in [0.1, 0.15) is 5.56 Å².